The first-order valence-electron chi connectivity index (χ1n) is 5.41. The van der Waals surface area contributed by atoms with Gasteiger partial charge >= 0.3 is 0 Å². The zero-order valence-corrected chi connectivity index (χ0v) is 11.4. The third kappa shape index (κ3) is 2.53. The summed E-state index contributed by atoms with van der Waals surface area (Å²) in [7, 11) is 0. The van der Waals surface area contributed by atoms with E-state index in [0.717, 1.165) is 9.21 Å². The molecule has 4 heteroatoms. The van der Waals surface area contributed by atoms with Crippen LogP contribution in [0.5, 0.6) is 0 Å². The Morgan fingerprint density at radius 3 is 2.29 bits per heavy atom. The number of halogens is 1. The van der Waals surface area contributed by atoms with Crippen molar-refractivity contribution in [1.29, 1.82) is 0 Å². The third-order valence-electron chi connectivity index (χ3n) is 2.88. The number of thiophene rings is 1. The Bertz CT molecular complexity index is 502. The second kappa shape index (κ2) is 5.19. The Balaban J connectivity index is 2.49. The molecule has 3 N–H and O–H groups in total. The van der Waals surface area contributed by atoms with Crippen molar-refractivity contribution < 1.29 is 0 Å². The number of nitrogens with one attached hydrogen (secondary N) is 1. The molecule has 0 saturated heterocycles. The number of hydrogen-bond donors (Lipinski definition) is 2. The second-order valence-electron chi connectivity index (χ2n) is 4.05. The molecule has 0 spiro atoms. The van der Waals surface area contributed by atoms with E-state index in [1.165, 1.54) is 16.7 Å². The lowest BCUT2D eigenvalue weighted by Gasteiger charge is -2.19. The number of benzene rings is 1. The van der Waals surface area contributed by atoms with E-state index in [1.54, 1.807) is 11.3 Å². The van der Waals surface area contributed by atoms with E-state index in [2.05, 4.69) is 37.5 Å². The van der Waals surface area contributed by atoms with E-state index < -0.39 is 0 Å². The van der Waals surface area contributed by atoms with Crippen molar-refractivity contribution in [2.75, 3.05) is 0 Å². The molecule has 1 aromatic carbocycles. The van der Waals surface area contributed by atoms with Crippen LogP contribution in [0.15, 0.2) is 30.3 Å². The Kier molecular flexibility index (Phi) is 3.84. The maximum Gasteiger partial charge on any atom is 0.0931 e. The molecule has 1 aromatic heterocycles. The summed E-state index contributed by atoms with van der Waals surface area (Å²) in [5.41, 5.74) is 6.58. The monoisotopic (exact) mass is 266 g/mol. The van der Waals surface area contributed by atoms with Crippen molar-refractivity contribution in [3.8, 4) is 0 Å². The molecule has 1 unspecified atom stereocenters. The molecule has 0 radical (unpaired) electrons. The van der Waals surface area contributed by atoms with E-state index in [4.69, 9.17) is 17.4 Å². The van der Waals surface area contributed by atoms with Crippen LogP contribution in [-0.4, -0.2) is 0 Å². The third-order valence-corrected chi connectivity index (χ3v) is 4.17. The van der Waals surface area contributed by atoms with Crippen LogP contribution in [0, 0.1) is 13.8 Å². The molecular weight excluding hydrogens is 252 g/mol. The molecule has 0 aliphatic rings. The summed E-state index contributed by atoms with van der Waals surface area (Å²) in [6.07, 6.45) is 0. The Morgan fingerprint density at radius 2 is 1.82 bits per heavy atom. The van der Waals surface area contributed by atoms with Crippen molar-refractivity contribution in [3.63, 3.8) is 0 Å². The van der Waals surface area contributed by atoms with Crippen molar-refractivity contribution in [2.24, 2.45) is 5.84 Å². The highest BCUT2D eigenvalue weighted by Gasteiger charge is 2.18. The van der Waals surface area contributed by atoms with Crippen molar-refractivity contribution >= 4 is 22.9 Å². The molecule has 2 aromatic rings. The number of hydrogen-bond acceptors (Lipinski definition) is 3. The van der Waals surface area contributed by atoms with Gasteiger partial charge in [0.05, 0.1) is 10.4 Å². The molecule has 2 rings (SSSR count). The molecule has 0 amide bonds. The Hall–Kier alpha value is -0.870. The lowest BCUT2D eigenvalue weighted by atomic mass is 9.95. The van der Waals surface area contributed by atoms with Crippen LogP contribution in [0.25, 0.3) is 0 Å². The highest BCUT2D eigenvalue weighted by Crippen LogP contribution is 2.33. The molecule has 1 atom stereocenters. The van der Waals surface area contributed by atoms with Crippen molar-refractivity contribution in [3.05, 3.63) is 56.2 Å². The molecular formula is C13H15ClN2S. The lowest BCUT2D eigenvalue weighted by Crippen LogP contribution is -2.29. The molecule has 0 bridgehead atoms. The van der Waals surface area contributed by atoms with Gasteiger partial charge in [-0.3, -0.25) is 5.84 Å². The van der Waals surface area contributed by atoms with Gasteiger partial charge in [-0.15, -0.1) is 11.3 Å². The second-order valence-corrected chi connectivity index (χ2v) is 5.79. The van der Waals surface area contributed by atoms with Gasteiger partial charge in [-0.2, -0.15) is 0 Å². The van der Waals surface area contributed by atoms with E-state index in [-0.39, 0.29) is 6.04 Å². The molecule has 2 nitrogen and oxygen atoms in total. The molecule has 0 aliphatic heterocycles. The Labute approximate surface area is 110 Å². The average molecular weight is 267 g/mol. The van der Waals surface area contributed by atoms with Gasteiger partial charge in [0.1, 0.15) is 0 Å². The van der Waals surface area contributed by atoms with E-state index in [1.807, 2.05) is 12.1 Å². The van der Waals surface area contributed by atoms with Crippen LogP contribution in [0.3, 0.4) is 0 Å². The summed E-state index contributed by atoms with van der Waals surface area (Å²) in [4.78, 5) is 1.13. The minimum atomic E-state index is 0.00806. The first-order chi connectivity index (χ1) is 8.13. The number of rotatable bonds is 3. The van der Waals surface area contributed by atoms with E-state index in [9.17, 15) is 0 Å². The quantitative estimate of drug-likeness (QED) is 0.658. The minimum Gasteiger partial charge on any atom is -0.271 e. The highest BCUT2D eigenvalue weighted by molar-refractivity contribution is 7.16. The largest absolute Gasteiger partial charge is 0.271 e. The normalized spacial score (nSPS) is 12.7. The Morgan fingerprint density at radius 1 is 1.18 bits per heavy atom. The van der Waals surface area contributed by atoms with Gasteiger partial charge in [0, 0.05) is 4.88 Å². The lowest BCUT2D eigenvalue weighted by molar-refractivity contribution is 0.640. The number of nitrogens with two attached hydrogens (primary N) is 1. The van der Waals surface area contributed by atoms with E-state index in [0.29, 0.717) is 0 Å². The van der Waals surface area contributed by atoms with Crippen LogP contribution in [-0.2, 0) is 0 Å². The number of hydrazine groups is 1. The fraction of sp³-hybridized carbons (Fsp3) is 0.231. The van der Waals surface area contributed by atoms with Crippen LogP contribution < -0.4 is 11.3 Å². The van der Waals surface area contributed by atoms with Gasteiger partial charge in [0.2, 0.25) is 0 Å². The molecule has 90 valence electrons. The van der Waals surface area contributed by atoms with Crippen LogP contribution >= 0.6 is 22.9 Å². The maximum absolute atomic E-state index is 5.98. The predicted molar refractivity (Wildman–Crippen MR) is 74.4 cm³/mol. The van der Waals surface area contributed by atoms with Gasteiger partial charge in [-0.05, 0) is 42.7 Å². The summed E-state index contributed by atoms with van der Waals surface area (Å²) < 4.78 is 0.784. The van der Waals surface area contributed by atoms with Gasteiger partial charge in [0.15, 0.2) is 0 Å². The summed E-state index contributed by atoms with van der Waals surface area (Å²) in [5, 5.41) is 0. The number of aryl methyl sites for hydroxylation is 2. The fourth-order valence-corrected chi connectivity index (χ4v) is 3.21. The maximum atomic E-state index is 5.98. The first kappa shape index (κ1) is 12.6. The highest BCUT2D eigenvalue weighted by atomic mass is 35.5. The fourth-order valence-electron chi connectivity index (χ4n) is 2.07. The van der Waals surface area contributed by atoms with Crippen LogP contribution in [0.4, 0.5) is 0 Å². The topological polar surface area (TPSA) is 38.0 Å². The van der Waals surface area contributed by atoms with Gasteiger partial charge < -0.3 is 0 Å². The van der Waals surface area contributed by atoms with Crippen molar-refractivity contribution in [2.45, 2.75) is 19.9 Å². The smallest absolute Gasteiger partial charge is 0.0931 e. The first-order valence-corrected chi connectivity index (χ1v) is 6.60. The van der Waals surface area contributed by atoms with Gasteiger partial charge in [-0.1, -0.05) is 29.8 Å². The van der Waals surface area contributed by atoms with Crippen molar-refractivity contribution in [1.82, 2.24) is 5.43 Å². The summed E-state index contributed by atoms with van der Waals surface area (Å²) in [6.45, 7) is 4.20. The molecule has 0 saturated carbocycles. The minimum absolute atomic E-state index is 0.00806. The van der Waals surface area contributed by atoms with Gasteiger partial charge in [0.25, 0.3) is 0 Å². The van der Waals surface area contributed by atoms with Gasteiger partial charge in [-0.25, -0.2) is 5.43 Å². The van der Waals surface area contributed by atoms with Crippen LogP contribution in [0.2, 0.25) is 4.34 Å². The molecule has 17 heavy (non-hydrogen) atoms. The summed E-state index contributed by atoms with van der Waals surface area (Å²) in [5.74, 6) is 5.70. The predicted octanol–water partition coefficient (Wildman–Crippen LogP) is 3.57. The summed E-state index contributed by atoms with van der Waals surface area (Å²) >= 11 is 7.53. The SMILES string of the molecule is Cc1cccc(C)c1C(NN)c1ccc(Cl)s1. The zero-order chi connectivity index (χ0) is 12.4. The molecule has 0 fully saturated rings. The molecule has 0 aliphatic carbocycles. The van der Waals surface area contributed by atoms with E-state index >= 15 is 0 Å². The molecule has 1 heterocycles. The standard InChI is InChI=1S/C13H15ClN2S/c1-8-4-3-5-9(2)12(8)13(16-15)10-6-7-11(14)17-10/h3-7,13,16H,15H2,1-2H3. The zero-order valence-electron chi connectivity index (χ0n) is 9.83. The average Bonchev–Trinajstić information content (AvgIpc) is 2.70. The summed E-state index contributed by atoms with van der Waals surface area (Å²) in [6, 6.07) is 10.2. The van der Waals surface area contributed by atoms with Crippen LogP contribution in [0.1, 0.15) is 27.6 Å².